The Morgan fingerprint density at radius 1 is 1.32 bits per heavy atom. The zero-order valence-electron chi connectivity index (χ0n) is 11.9. The van der Waals surface area contributed by atoms with Gasteiger partial charge in [-0.15, -0.1) is 0 Å². The van der Waals surface area contributed by atoms with Crippen molar-refractivity contribution >= 4 is 5.97 Å². The van der Waals surface area contributed by atoms with Crippen molar-refractivity contribution in [2.24, 2.45) is 0 Å². The summed E-state index contributed by atoms with van der Waals surface area (Å²) < 4.78 is 5.49. The molecular formula is C15H23NO3. The van der Waals surface area contributed by atoms with Gasteiger partial charge in [-0.25, -0.2) is 4.79 Å². The predicted octanol–water partition coefficient (Wildman–Crippen LogP) is 2.28. The minimum atomic E-state index is -0.860. The first-order valence-corrected chi connectivity index (χ1v) is 6.62. The Morgan fingerprint density at radius 3 is 2.63 bits per heavy atom. The molecule has 4 nitrogen and oxygen atoms in total. The second kappa shape index (κ2) is 7.92. The zero-order chi connectivity index (χ0) is 14.3. The van der Waals surface area contributed by atoms with Gasteiger partial charge in [0.25, 0.3) is 0 Å². The van der Waals surface area contributed by atoms with Crippen molar-refractivity contribution in [3.05, 3.63) is 35.4 Å². The molecule has 0 aliphatic rings. The van der Waals surface area contributed by atoms with Crippen molar-refractivity contribution in [1.82, 2.24) is 4.90 Å². The van der Waals surface area contributed by atoms with E-state index in [9.17, 15) is 4.79 Å². The second-order valence-corrected chi connectivity index (χ2v) is 4.94. The molecule has 1 N–H and O–H groups in total. The molecule has 1 aromatic rings. The van der Waals surface area contributed by atoms with Gasteiger partial charge in [0.2, 0.25) is 0 Å². The van der Waals surface area contributed by atoms with Crippen LogP contribution in [0.1, 0.15) is 29.8 Å². The Labute approximate surface area is 115 Å². The summed E-state index contributed by atoms with van der Waals surface area (Å²) in [4.78, 5) is 13.2. The third-order valence-electron chi connectivity index (χ3n) is 2.93. The maximum absolute atomic E-state index is 11.1. The predicted molar refractivity (Wildman–Crippen MR) is 75.7 cm³/mol. The Hall–Kier alpha value is -1.39. The molecule has 1 aromatic carbocycles. The molecule has 0 atom stereocenters. The van der Waals surface area contributed by atoms with E-state index < -0.39 is 5.97 Å². The lowest BCUT2D eigenvalue weighted by Crippen LogP contribution is -2.26. The van der Waals surface area contributed by atoms with E-state index in [0.29, 0.717) is 12.2 Å². The highest BCUT2D eigenvalue weighted by atomic mass is 16.5. The lowest BCUT2D eigenvalue weighted by atomic mass is 10.0. The molecule has 106 valence electrons. The molecule has 1 rings (SSSR count). The van der Waals surface area contributed by atoms with Gasteiger partial charge < -0.3 is 14.7 Å². The standard InChI is InChI=1S/C15H23NO3/c1-12(2)19-11-10-16(3)9-8-13-6-4-5-7-14(13)15(17)18/h4-7,12H,8-11H2,1-3H3,(H,17,18). The molecule has 0 aliphatic heterocycles. The number of benzene rings is 1. The van der Waals surface area contributed by atoms with E-state index in [1.165, 1.54) is 0 Å². The van der Waals surface area contributed by atoms with Crippen LogP contribution in [0.15, 0.2) is 24.3 Å². The fourth-order valence-electron chi connectivity index (χ4n) is 1.81. The van der Waals surface area contributed by atoms with Crippen molar-refractivity contribution in [3.8, 4) is 0 Å². The van der Waals surface area contributed by atoms with Gasteiger partial charge >= 0.3 is 5.97 Å². The first kappa shape index (κ1) is 15.7. The molecule has 4 heteroatoms. The van der Waals surface area contributed by atoms with Gasteiger partial charge in [-0.1, -0.05) is 18.2 Å². The molecule has 0 radical (unpaired) electrons. The van der Waals surface area contributed by atoms with Crippen LogP contribution >= 0.6 is 0 Å². The normalized spacial score (nSPS) is 11.2. The van der Waals surface area contributed by atoms with Crippen LogP contribution < -0.4 is 0 Å². The second-order valence-electron chi connectivity index (χ2n) is 4.94. The Balaban J connectivity index is 2.42. The highest BCUT2D eigenvalue weighted by Gasteiger charge is 2.09. The van der Waals surface area contributed by atoms with E-state index in [2.05, 4.69) is 4.90 Å². The summed E-state index contributed by atoms with van der Waals surface area (Å²) in [7, 11) is 2.02. The largest absolute Gasteiger partial charge is 0.478 e. The number of rotatable bonds is 8. The lowest BCUT2D eigenvalue weighted by molar-refractivity contribution is 0.0638. The number of aromatic carboxylic acids is 1. The number of hydrogen-bond donors (Lipinski definition) is 1. The van der Waals surface area contributed by atoms with E-state index in [4.69, 9.17) is 9.84 Å². The van der Waals surface area contributed by atoms with Crippen molar-refractivity contribution < 1.29 is 14.6 Å². The average Bonchev–Trinajstić information content (AvgIpc) is 2.36. The zero-order valence-corrected chi connectivity index (χ0v) is 11.9. The quantitative estimate of drug-likeness (QED) is 0.783. The fourth-order valence-corrected chi connectivity index (χ4v) is 1.81. The van der Waals surface area contributed by atoms with E-state index in [1.807, 2.05) is 33.0 Å². The number of ether oxygens (including phenoxy) is 1. The van der Waals surface area contributed by atoms with Crippen molar-refractivity contribution in [1.29, 1.82) is 0 Å². The SMILES string of the molecule is CC(C)OCCN(C)CCc1ccccc1C(=O)O. The van der Waals surface area contributed by atoms with Crippen LogP contribution in [0.4, 0.5) is 0 Å². The smallest absolute Gasteiger partial charge is 0.335 e. The molecule has 0 aliphatic carbocycles. The topological polar surface area (TPSA) is 49.8 Å². The average molecular weight is 265 g/mol. The maximum Gasteiger partial charge on any atom is 0.335 e. The molecule has 0 aromatic heterocycles. The number of likely N-dealkylation sites (N-methyl/N-ethyl adjacent to an activating group) is 1. The van der Waals surface area contributed by atoms with Crippen LogP contribution in [0.25, 0.3) is 0 Å². The van der Waals surface area contributed by atoms with Crippen LogP contribution in [-0.2, 0) is 11.2 Å². The molecular weight excluding hydrogens is 242 g/mol. The molecule has 0 fully saturated rings. The molecule has 0 spiro atoms. The number of carboxylic acid groups (broad SMARTS) is 1. The summed E-state index contributed by atoms with van der Waals surface area (Å²) in [5.41, 5.74) is 1.28. The molecule has 0 heterocycles. The van der Waals surface area contributed by atoms with E-state index >= 15 is 0 Å². The van der Waals surface area contributed by atoms with Gasteiger partial charge in [0, 0.05) is 13.1 Å². The van der Waals surface area contributed by atoms with Crippen LogP contribution in [0.3, 0.4) is 0 Å². The van der Waals surface area contributed by atoms with Crippen LogP contribution in [-0.4, -0.2) is 48.8 Å². The first-order chi connectivity index (χ1) is 9.00. The Morgan fingerprint density at radius 2 is 2.00 bits per heavy atom. The number of carbonyl (C=O) groups is 1. The summed E-state index contributed by atoms with van der Waals surface area (Å²) in [5.74, 6) is -0.860. The Bertz CT molecular complexity index is 404. The van der Waals surface area contributed by atoms with Gasteiger partial charge in [-0.3, -0.25) is 0 Å². The van der Waals surface area contributed by atoms with Gasteiger partial charge in [0.1, 0.15) is 0 Å². The van der Waals surface area contributed by atoms with Gasteiger partial charge in [-0.05, 0) is 38.9 Å². The highest BCUT2D eigenvalue weighted by Crippen LogP contribution is 2.09. The molecule has 0 saturated carbocycles. The molecule has 0 saturated heterocycles. The number of nitrogens with zero attached hydrogens (tertiary/aromatic N) is 1. The summed E-state index contributed by atoms with van der Waals surface area (Å²) in [6.45, 7) is 6.42. The van der Waals surface area contributed by atoms with Crippen molar-refractivity contribution in [2.75, 3.05) is 26.7 Å². The summed E-state index contributed by atoms with van der Waals surface area (Å²) in [5, 5.41) is 9.10. The number of hydrogen-bond acceptors (Lipinski definition) is 3. The van der Waals surface area contributed by atoms with E-state index in [-0.39, 0.29) is 6.10 Å². The fraction of sp³-hybridized carbons (Fsp3) is 0.533. The summed E-state index contributed by atoms with van der Waals surface area (Å²) >= 11 is 0. The molecule has 19 heavy (non-hydrogen) atoms. The van der Waals surface area contributed by atoms with E-state index in [1.54, 1.807) is 12.1 Å². The van der Waals surface area contributed by atoms with Gasteiger partial charge in [0.05, 0.1) is 18.3 Å². The van der Waals surface area contributed by atoms with Crippen LogP contribution in [0.2, 0.25) is 0 Å². The summed E-state index contributed by atoms with van der Waals surface area (Å²) in [6.07, 6.45) is 0.988. The highest BCUT2D eigenvalue weighted by molar-refractivity contribution is 5.89. The Kier molecular flexibility index (Phi) is 6.53. The lowest BCUT2D eigenvalue weighted by Gasteiger charge is -2.18. The third-order valence-corrected chi connectivity index (χ3v) is 2.93. The molecule has 0 unspecified atom stereocenters. The maximum atomic E-state index is 11.1. The summed E-state index contributed by atoms with van der Waals surface area (Å²) in [6, 6.07) is 7.16. The molecule has 0 bridgehead atoms. The van der Waals surface area contributed by atoms with Gasteiger partial charge in [0.15, 0.2) is 0 Å². The minimum Gasteiger partial charge on any atom is -0.478 e. The van der Waals surface area contributed by atoms with Crippen LogP contribution in [0.5, 0.6) is 0 Å². The third kappa shape index (κ3) is 5.85. The minimum absolute atomic E-state index is 0.251. The van der Waals surface area contributed by atoms with Gasteiger partial charge in [-0.2, -0.15) is 0 Å². The number of carboxylic acids is 1. The molecule has 0 amide bonds. The van der Waals surface area contributed by atoms with Crippen molar-refractivity contribution in [2.45, 2.75) is 26.4 Å². The van der Waals surface area contributed by atoms with Crippen LogP contribution in [0, 0.1) is 0 Å². The first-order valence-electron chi connectivity index (χ1n) is 6.62. The monoisotopic (exact) mass is 265 g/mol. The van der Waals surface area contributed by atoms with E-state index in [0.717, 1.165) is 25.1 Å². The van der Waals surface area contributed by atoms with Crippen molar-refractivity contribution in [3.63, 3.8) is 0 Å².